The van der Waals surface area contributed by atoms with Crippen LogP contribution in [-0.4, -0.2) is 24.3 Å². The lowest BCUT2D eigenvalue weighted by Gasteiger charge is -2.09. The molecule has 0 spiro atoms. The maximum absolute atomic E-state index is 10.8. The van der Waals surface area contributed by atoms with Crippen molar-refractivity contribution in [2.75, 3.05) is 7.11 Å². The largest absolute Gasteiger partial charge is 0.468 e. The molecule has 4 heteroatoms. The maximum atomic E-state index is 10.8. The Balaban J connectivity index is 2.38. The maximum Gasteiger partial charge on any atom is 0.325 e. The van der Waals surface area contributed by atoms with Crippen LogP contribution in [0.25, 0.3) is 0 Å². The van der Waals surface area contributed by atoms with Crippen LogP contribution in [0.2, 0.25) is 0 Å². The number of hydrogen-bond acceptors (Lipinski definition) is 4. The normalized spacial score (nSPS) is 20.2. The molecule has 1 fully saturated rings. The molecular weight excluding hydrogens is 134 g/mol. The van der Waals surface area contributed by atoms with Crippen molar-refractivity contribution in [1.29, 1.82) is 0 Å². The fourth-order valence-corrected chi connectivity index (χ4v) is 0.907. The van der Waals surface area contributed by atoms with Crippen LogP contribution in [0.3, 0.4) is 0 Å². The van der Waals surface area contributed by atoms with Crippen molar-refractivity contribution >= 4 is 5.97 Å². The zero-order valence-corrected chi connectivity index (χ0v) is 5.83. The molecule has 0 amide bonds. The summed E-state index contributed by atoms with van der Waals surface area (Å²) in [6, 6.07) is -0.509. The van der Waals surface area contributed by atoms with Gasteiger partial charge in [-0.1, -0.05) is 0 Å². The third-order valence-corrected chi connectivity index (χ3v) is 1.69. The van der Waals surface area contributed by atoms with Crippen LogP contribution >= 0.6 is 0 Å². The van der Waals surface area contributed by atoms with Gasteiger partial charge in [-0.15, -0.1) is 0 Å². The summed E-state index contributed by atoms with van der Waals surface area (Å²) in [7, 11) is 1.31. The van der Waals surface area contributed by atoms with E-state index in [0.717, 1.165) is 12.8 Å². The van der Waals surface area contributed by atoms with Crippen LogP contribution < -0.4 is 5.48 Å². The molecule has 1 rings (SSSR count). The van der Waals surface area contributed by atoms with Gasteiger partial charge in [0, 0.05) is 0 Å². The Labute approximate surface area is 59.1 Å². The number of carbonyl (C=O) groups is 1. The molecular formula is C6H11NO3. The van der Waals surface area contributed by atoms with Crippen molar-refractivity contribution in [3.05, 3.63) is 0 Å². The Morgan fingerprint density at radius 2 is 2.40 bits per heavy atom. The van der Waals surface area contributed by atoms with E-state index < -0.39 is 6.04 Å². The summed E-state index contributed by atoms with van der Waals surface area (Å²) in [5.74, 6) is -0.109. The van der Waals surface area contributed by atoms with E-state index in [1.165, 1.54) is 7.11 Å². The minimum Gasteiger partial charge on any atom is -0.468 e. The number of carbonyl (C=O) groups excluding carboxylic acids is 1. The zero-order valence-electron chi connectivity index (χ0n) is 5.83. The Morgan fingerprint density at radius 1 is 1.80 bits per heavy atom. The third-order valence-electron chi connectivity index (χ3n) is 1.69. The lowest BCUT2D eigenvalue weighted by atomic mass is 10.2. The van der Waals surface area contributed by atoms with Gasteiger partial charge < -0.3 is 9.94 Å². The van der Waals surface area contributed by atoms with Crippen LogP contribution in [0, 0.1) is 5.92 Å². The third kappa shape index (κ3) is 1.46. The summed E-state index contributed by atoms with van der Waals surface area (Å²) < 4.78 is 4.44. The van der Waals surface area contributed by atoms with Crippen LogP contribution in [0.15, 0.2) is 0 Å². The van der Waals surface area contributed by atoms with Gasteiger partial charge in [-0.3, -0.25) is 4.79 Å². The van der Waals surface area contributed by atoms with E-state index in [9.17, 15) is 4.79 Å². The van der Waals surface area contributed by atoms with E-state index >= 15 is 0 Å². The first-order valence-corrected chi connectivity index (χ1v) is 3.27. The summed E-state index contributed by atoms with van der Waals surface area (Å²) >= 11 is 0. The molecule has 1 aliphatic rings. The Hall–Kier alpha value is -0.610. The van der Waals surface area contributed by atoms with Crippen molar-refractivity contribution in [3.63, 3.8) is 0 Å². The highest BCUT2D eigenvalue weighted by atomic mass is 16.5. The zero-order chi connectivity index (χ0) is 7.56. The standard InChI is InChI=1S/C6H11NO3/c1-10-6(8)5(7-9)4-2-3-4/h4-5,7,9H,2-3H2,1H3. The predicted octanol–water partition coefficient (Wildman–Crippen LogP) is -0.0832. The minimum atomic E-state index is -0.509. The highest BCUT2D eigenvalue weighted by Crippen LogP contribution is 2.32. The number of nitrogens with one attached hydrogen (secondary N) is 1. The van der Waals surface area contributed by atoms with Crippen molar-refractivity contribution in [2.24, 2.45) is 5.92 Å². The van der Waals surface area contributed by atoms with Gasteiger partial charge in [-0.2, -0.15) is 5.48 Å². The molecule has 0 aromatic rings. The molecule has 2 N–H and O–H groups in total. The molecule has 0 aliphatic heterocycles. The molecule has 4 nitrogen and oxygen atoms in total. The number of esters is 1. The van der Waals surface area contributed by atoms with Crippen LogP contribution in [0.4, 0.5) is 0 Å². The number of methoxy groups -OCH3 is 1. The number of hydrogen-bond donors (Lipinski definition) is 2. The summed E-state index contributed by atoms with van der Waals surface area (Å²) in [6.45, 7) is 0. The molecule has 58 valence electrons. The molecule has 10 heavy (non-hydrogen) atoms. The number of ether oxygens (including phenoxy) is 1. The summed E-state index contributed by atoms with van der Waals surface area (Å²) in [5, 5.41) is 8.49. The Kier molecular flexibility index (Phi) is 2.24. The Bertz CT molecular complexity index is 133. The lowest BCUT2D eigenvalue weighted by Crippen LogP contribution is -2.37. The second kappa shape index (κ2) is 2.98. The fraction of sp³-hybridized carbons (Fsp3) is 0.833. The van der Waals surface area contributed by atoms with Crippen molar-refractivity contribution in [1.82, 2.24) is 5.48 Å². The molecule has 0 aromatic carbocycles. The van der Waals surface area contributed by atoms with Crippen molar-refractivity contribution in [2.45, 2.75) is 18.9 Å². The van der Waals surface area contributed by atoms with E-state index in [4.69, 9.17) is 5.21 Å². The molecule has 0 bridgehead atoms. The SMILES string of the molecule is COC(=O)C(NO)C1CC1. The van der Waals surface area contributed by atoms with Gasteiger partial charge in [-0.05, 0) is 18.8 Å². The quantitative estimate of drug-likeness (QED) is 0.430. The van der Waals surface area contributed by atoms with Gasteiger partial charge in [0.2, 0.25) is 0 Å². The van der Waals surface area contributed by atoms with Gasteiger partial charge in [0.15, 0.2) is 0 Å². The van der Waals surface area contributed by atoms with Crippen LogP contribution in [0.5, 0.6) is 0 Å². The van der Waals surface area contributed by atoms with E-state index in [1.807, 2.05) is 5.48 Å². The predicted molar refractivity (Wildman–Crippen MR) is 33.5 cm³/mol. The van der Waals surface area contributed by atoms with Gasteiger partial charge in [-0.25, -0.2) is 0 Å². The first kappa shape index (κ1) is 7.50. The monoisotopic (exact) mass is 145 g/mol. The summed E-state index contributed by atoms with van der Waals surface area (Å²) in [5.41, 5.74) is 1.94. The van der Waals surface area contributed by atoms with Gasteiger partial charge in [0.1, 0.15) is 6.04 Å². The second-order valence-electron chi connectivity index (χ2n) is 2.47. The number of hydroxylamine groups is 1. The van der Waals surface area contributed by atoms with E-state index in [1.54, 1.807) is 0 Å². The molecule has 0 aromatic heterocycles. The minimum absolute atomic E-state index is 0.275. The van der Waals surface area contributed by atoms with Crippen LogP contribution in [0.1, 0.15) is 12.8 Å². The molecule has 0 radical (unpaired) electrons. The average Bonchev–Trinajstić information content (AvgIpc) is 2.73. The van der Waals surface area contributed by atoms with E-state index in [-0.39, 0.29) is 11.9 Å². The first-order chi connectivity index (χ1) is 4.79. The summed E-state index contributed by atoms with van der Waals surface area (Å²) in [4.78, 5) is 10.8. The molecule has 0 saturated heterocycles. The van der Waals surface area contributed by atoms with E-state index in [2.05, 4.69) is 4.74 Å². The smallest absolute Gasteiger partial charge is 0.325 e. The molecule has 1 saturated carbocycles. The first-order valence-electron chi connectivity index (χ1n) is 3.27. The van der Waals surface area contributed by atoms with E-state index in [0.29, 0.717) is 0 Å². The van der Waals surface area contributed by atoms with Crippen molar-refractivity contribution in [3.8, 4) is 0 Å². The highest BCUT2D eigenvalue weighted by molar-refractivity contribution is 5.76. The van der Waals surface area contributed by atoms with Gasteiger partial charge >= 0.3 is 5.97 Å². The topological polar surface area (TPSA) is 58.6 Å². The second-order valence-corrected chi connectivity index (χ2v) is 2.47. The van der Waals surface area contributed by atoms with Crippen LogP contribution in [-0.2, 0) is 9.53 Å². The lowest BCUT2D eigenvalue weighted by molar-refractivity contribution is -0.146. The molecule has 0 heterocycles. The van der Waals surface area contributed by atoms with Gasteiger partial charge in [0.25, 0.3) is 0 Å². The average molecular weight is 145 g/mol. The number of rotatable bonds is 3. The van der Waals surface area contributed by atoms with Gasteiger partial charge in [0.05, 0.1) is 7.11 Å². The highest BCUT2D eigenvalue weighted by Gasteiger charge is 2.36. The molecule has 1 unspecified atom stereocenters. The fourth-order valence-electron chi connectivity index (χ4n) is 0.907. The molecule has 1 aliphatic carbocycles. The molecule has 1 atom stereocenters. The Morgan fingerprint density at radius 3 is 2.70 bits per heavy atom. The summed E-state index contributed by atoms with van der Waals surface area (Å²) in [6.07, 6.45) is 1.99. The van der Waals surface area contributed by atoms with Crippen molar-refractivity contribution < 1.29 is 14.7 Å².